The number of nitrogens with two attached hydrogens (primary N) is 1. The zero-order valence-electron chi connectivity index (χ0n) is 15.4. The summed E-state index contributed by atoms with van der Waals surface area (Å²) in [5.41, 5.74) is 6.09. The molecule has 1 fully saturated rings. The van der Waals surface area contributed by atoms with E-state index in [2.05, 4.69) is 5.32 Å². The van der Waals surface area contributed by atoms with Crippen molar-refractivity contribution >= 4 is 21.6 Å². The van der Waals surface area contributed by atoms with Gasteiger partial charge in [0.15, 0.2) is 0 Å². The Morgan fingerprint density at radius 2 is 1.70 bits per heavy atom. The third-order valence-electron chi connectivity index (χ3n) is 4.89. The number of anilines is 1. The van der Waals surface area contributed by atoms with Gasteiger partial charge in [0.25, 0.3) is 0 Å². The molecule has 1 aliphatic rings. The first-order chi connectivity index (χ1) is 12.8. The minimum atomic E-state index is -3.56. The summed E-state index contributed by atoms with van der Waals surface area (Å²) in [4.78, 5) is 12.9. The van der Waals surface area contributed by atoms with Gasteiger partial charge in [-0.2, -0.15) is 4.31 Å². The lowest BCUT2D eigenvalue weighted by molar-refractivity contribution is -0.120. The molecule has 0 bridgehead atoms. The minimum absolute atomic E-state index is 0.181. The third-order valence-corrected chi connectivity index (χ3v) is 6.78. The number of piperidine rings is 1. The Hall–Kier alpha value is -2.22. The number of hydrogen-bond acceptors (Lipinski definition) is 4. The summed E-state index contributed by atoms with van der Waals surface area (Å²) in [6, 6.07) is 15.4. The number of sulfonamides is 1. The van der Waals surface area contributed by atoms with Gasteiger partial charge in [-0.3, -0.25) is 4.79 Å². The van der Waals surface area contributed by atoms with Crippen LogP contribution in [-0.4, -0.2) is 31.7 Å². The van der Waals surface area contributed by atoms with E-state index in [1.807, 2.05) is 18.2 Å². The van der Waals surface area contributed by atoms with Gasteiger partial charge in [-0.15, -0.1) is 0 Å². The van der Waals surface area contributed by atoms with Crippen LogP contribution in [-0.2, 0) is 20.4 Å². The van der Waals surface area contributed by atoms with Gasteiger partial charge in [0.1, 0.15) is 5.54 Å². The first-order valence-corrected chi connectivity index (χ1v) is 10.5. The number of carbonyl (C=O) groups excluding carboxylic acids is 1. The van der Waals surface area contributed by atoms with Crippen LogP contribution < -0.4 is 11.1 Å². The van der Waals surface area contributed by atoms with E-state index in [1.165, 1.54) is 10.4 Å². The topological polar surface area (TPSA) is 92.5 Å². The Morgan fingerprint density at radius 1 is 1.04 bits per heavy atom. The molecular formula is C20H25N3O3S. The van der Waals surface area contributed by atoms with E-state index >= 15 is 0 Å². The number of rotatable bonds is 5. The molecule has 0 aromatic heterocycles. The van der Waals surface area contributed by atoms with E-state index in [0.29, 0.717) is 24.3 Å². The van der Waals surface area contributed by atoms with Gasteiger partial charge in [0.2, 0.25) is 15.9 Å². The van der Waals surface area contributed by atoms with Gasteiger partial charge in [-0.05, 0) is 43.5 Å². The fraction of sp³-hybridized carbons (Fsp3) is 0.350. The van der Waals surface area contributed by atoms with Crippen molar-refractivity contribution in [2.45, 2.75) is 36.6 Å². The molecule has 1 amide bonds. The monoisotopic (exact) mass is 387 g/mol. The quantitative estimate of drug-likeness (QED) is 0.825. The Labute approximate surface area is 160 Å². The number of nitrogens with zero attached hydrogens (tertiary/aromatic N) is 1. The predicted octanol–water partition coefficient (Wildman–Crippen LogP) is 2.67. The van der Waals surface area contributed by atoms with Crippen molar-refractivity contribution in [2.24, 2.45) is 5.73 Å². The molecule has 0 radical (unpaired) electrons. The summed E-state index contributed by atoms with van der Waals surface area (Å²) in [5, 5.41) is 2.75. The molecule has 1 aliphatic heterocycles. The van der Waals surface area contributed by atoms with Crippen molar-refractivity contribution < 1.29 is 13.2 Å². The average Bonchev–Trinajstić information content (AvgIpc) is 2.69. The van der Waals surface area contributed by atoms with Gasteiger partial charge < -0.3 is 11.1 Å². The SMILES string of the molecule is CC(N)(C(=O)Nc1cccc(S(=O)(=O)N2CCCCC2)c1)c1ccccc1. The van der Waals surface area contributed by atoms with Gasteiger partial charge in [-0.25, -0.2) is 8.42 Å². The fourth-order valence-electron chi connectivity index (χ4n) is 3.17. The molecule has 0 aliphatic carbocycles. The molecule has 2 aromatic carbocycles. The maximum Gasteiger partial charge on any atom is 0.248 e. The molecule has 144 valence electrons. The fourth-order valence-corrected chi connectivity index (χ4v) is 4.73. The van der Waals surface area contributed by atoms with Crippen LogP contribution in [0.1, 0.15) is 31.7 Å². The van der Waals surface area contributed by atoms with Crippen LogP contribution in [0.2, 0.25) is 0 Å². The highest BCUT2D eigenvalue weighted by Crippen LogP contribution is 2.24. The lowest BCUT2D eigenvalue weighted by atomic mass is 9.92. The lowest BCUT2D eigenvalue weighted by Crippen LogP contribution is -2.45. The Bertz CT molecular complexity index is 905. The molecule has 1 saturated heterocycles. The number of amides is 1. The number of carbonyl (C=O) groups is 1. The highest BCUT2D eigenvalue weighted by Gasteiger charge is 2.31. The Balaban J connectivity index is 1.81. The molecule has 7 heteroatoms. The first-order valence-electron chi connectivity index (χ1n) is 9.08. The van der Waals surface area contributed by atoms with E-state index < -0.39 is 21.5 Å². The van der Waals surface area contributed by atoms with Crippen LogP contribution in [0.3, 0.4) is 0 Å². The Morgan fingerprint density at radius 3 is 2.37 bits per heavy atom. The molecule has 1 heterocycles. The van der Waals surface area contributed by atoms with Gasteiger partial charge in [-0.1, -0.05) is 42.8 Å². The van der Waals surface area contributed by atoms with Crippen molar-refractivity contribution in [1.82, 2.24) is 4.31 Å². The van der Waals surface area contributed by atoms with Crippen molar-refractivity contribution in [1.29, 1.82) is 0 Å². The maximum atomic E-state index is 12.8. The normalized spacial score (nSPS) is 17.9. The standard InChI is InChI=1S/C20H25N3O3S/c1-20(21,16-9-4-2-5-10-16)19(24)22-17-11-8-12-18(15-17)27(25,26)23-13-6-3-7-14-23/h2,4-5,8-12,15H,3,6-7,13-14,21H2,1H3,(H,22,24). The summed E-state index contributed by atoms with van der Waals surface area (Å²) >= 11 is 0. The van der Waals surface area contributed by atoms with Crippen molar-refractivity contribution in [3.63, 3.8) is 0 Å². The van der Waals surface area contributed by atoms with Crippen molar-refractivity contribution in [3.05, 3.63) is 60.2 Å². The van der Waals surface area contributed by atoms with Crippen LogP contribution in [0.4, 0.5) is 5.69 Å². The van der Waals surface area contributed by atoms with Crippen LogP contribution in [0.5, 0.6) is 0 Å². The first kappa shape index (κ1) is 19.5. The number of hydrogen-bond donors (Lipinski definition) is 2. The minimum Gasteiger partial charge on any atom is -0.324 e. The summed E-state index contributed by atoms with van der Waals surface area (Å²) in [6.45, 7) is 2.70. The second-order valence-electron chi connectivity index (χ2n) is 7.02. The van der Waals surface area contributed by atoms with E-state index in [4.69, 9.17) is 5.73 Å². The van der Waals surface area contributed by atoms with Crippen LogP contribution >= 0.6 is 0 Å². The molecule has 0 saturated carbocycles. The van der Waals surface area contributed by atoms with Crippen LogP contribution in [0, 0.1) is 0 Å². The van der Waals surface area contributed by atoms with Gasteiger partial charge >= 0.3 is 0 Å². The molecule has 27 heavy (non-hydrogen) atoms. The highest BCUT2D eigenvalue weighted by molar-refractivity contribution is 7.89. The summed E-state index contributed by atoms with van der Waals surface area (Å²) in [7, 11) is -3.56. The molecule has 3 N–H and O–H groups in total. The van der Waals surface area contributed by atoms with Crippen molar-refractivity contribution in [2.75, 3.05) is 18.4 Å². The largest absolute Gasteiger partial charge is 0.324 e. The maximum absolute atomic E-state index is 12.8. The van der Waals surface area contributed by atoms with E-state index in [1.54, 1.807) is 37.3 Å². The molecule has 3 rings (SSSR count). The van der Waals surface area contributed by atoms with Gasteiger partial charge in [0.05, 0.1) is 4.90 Å². The van der Waals surface area contributed by atoms with Crippen LogP contribution in [0.15, 0.2) is 59.5 Å². The predicted molar refractivity (Wildman–Crippen MR) is 106 cm³/mol. The van der Waals surface area contributed by atoms with E-state index in [9.17, 15) is 13.2 Å². The number of benzene rings is 2. The summed E-state index contributed by atoms with van der Waals surface area (Å²) < 4.78 is 27.2. The van der Waals surface area contributed by atoms with Crippen LogP contribution in [0.25, 0.3) is 0 Å². The molecule has 1 atom stereocenters. The molecular weight excluding hydrogens is 362 g/mol. The highest BCUT2D eigenvalue weighted by atomic mass is 32.2. The lowest BCUT2D eigenvalue weighted by Gasteiger charge is -2.26. The van der Waals surface area contributed by atoms with E-state index in [0.717, 1.165) is 19.3 Å². The second kappa shape index (κ2) is 7.80. The van der Waals surface area contributed by atoms with E-state index in [-0.39, 0.29) is 4.90 Å². The summed E-state index contributed by atoms with van der Waals surface area (Å²) in [5.74, 6) is -0.402. The third kappa shape index (κ3) is 4.21. The number of nitrogens with one attached hydrogen (secondary N) is 1. The molecule has 6 nitrogen and oxygen atoms in total. The zero-order valence-corrected chi connectivity index (χ0v) is 16.2. The zero-order chi connectivity index (χ0) is 19.5. The summed E-state index contributed by atoms with van der Waals surface area (Å²) in [6.07, 6.45) is 2.80. The molecule has 1 unspecified atom stereocenters. The second-order valence-corrected chi connectivity index (χ2v) is 8.95. The van der Waals surface area contributed by atoms with Gasteiger partial charge in [0, 0.05) is 18.8 Å². The average molecular weight is 388 g/mol. The Kier molecular flexibility index (Phi) is 5.64. The smallest absolute Gasteiger partial charge is 0.248 e. The van der Waals surface area contributed by atoms with Crippen molar-refractivity contribution in [3.8, 4) is 0 Å². The molecule has 2 aromatic rings. The molecule has 0 spiro atoms.